The Labute approximate surface area is 122 Å². The van der Waals surface area contributed by atoms with Crippen molar-refractivity contribution in [2.45, 2.75) is 26.7 Å². The van der Waals surface area contributed by atoms with Crippen molar-refractivity contribution in [3.05, 3.63) is 24.3 Å². The topological polar surface area (TPSA) is 50.7 Å². The van der Waals surface area contributed by atoms with E-state index in [1.165, 1.54) is 0 Å². The van der Waals surface area contributed by atoms with Crippen molar-refractivity contribution in [1.29, 1.82) is 0 Å². The second-order valence-electron chi connectivity index (χ2n) is 4.91. The summed E-state index contributed by atoms with van der Waals surface area (Å²) >= 11 is 0. The molecule has 0 aromatic heterocycles. The Morgan fingerprint density at radius 1 is 1.15 bits per heavy atom. The van der Waals surface area contributed by atoms with Crippen molar-refractivity contribution >= 4 is 0 Å². The van der Waals surface area contributed by atoms with Gasteiger partial charge in [0.15, 0.2) is 11.5 Å². The van der Waals surface area contributed by atoms with E-state index in [1.54, 1.807) is 0 Å². The molecular weight excluding hydrogens is 254 g/mol. The van der Waals surface area contributed by atoms with Gasteiger partial charge in [-0.15, -0.1) is 0 Å². The minimum atomic E-state index is 0.275. The van der Waals surface area contributed by atoms with Crippen molar-refractivity contribution in [3.8, 4) is 11.5 Å². The molecule has 1 aromatic carbocycles. The number of para-hydroxylation sites is 2. The van der Waals surface area contributed by atoms with Crippen LogP contribution in [0.25, 0.3) is 0 Å². The fourth-order valence-electron chi connectivity index (χ4n) is 1.87. The Kier molecular flexibility index (Phi) is 8.83. The first-order valence-corrected chi connectivity index (χ1v) is 7.44. The third-order valence-corrected chi connectivity index (χ3v) is 3.05. The maximum absolute atomic E-state index is 8.92. The summed E-state index contributed by atoms with van der Waals surface area (Å²) in [7, 11) is 0. The Balaban J connectivity index is 2.12. The highest BCUT2D eigenvalue weighted by molar-refractivity contribution is 5.39. The first-order valence-electron chi connectivity index (χ1n) is 7.44. The van der Waals surface area contributed by atoms with Gasteiger partial charge >= 0.3 is 0 Å². The number of benzene rings is 1. The molecule has 0 bridgehead atoms. The molecule has 0 aliphatic heterocycles. The Morgan fingerprint density at radius 2 is 1.85 bits per heavy atom. The fraction of sp³-hybridized carbons (Fsp3) is 0.625. The number of nitrogens with one attached hydrogen (secondary N) is 1. The van der Waals surface area contributed by atoms with Crippen LogP contribution in [0.1, 0.15) is 26.7 Å². The van der Waals surface area contributed by atoms with Crippen molar-refractivity contribution in [1.82, 2.24) is 5.32 Å². The van der Waals surface area contributed by atoms with E-state index in [1.807, 2.05) is 31.2 Å². The van der Waals surface area contributed by atoms with Crippen molar-refractivity contribution in [2.75, 3.05) is 32.9 Å². The van der Waals surface area contributed by atoms with Crippen LogP contribution in [0, 0.1) is 5.92 Å². The highest BCUT2D eigenvalue weighted by Crippen LogP contribution is 2.25. The van der Waals surface area contributed by atoms with Crippen LogP contribution in [0.4, 0.5) is 0 Å². The van der Waals surface area contributed by atoms with Gasteiger partial charge in [-0.3, -0.25) is 0 Å². The average Bonchev–Trinajstić information content (AvgIpc) is 2.47. The lowest BCUT2D eigenvalue weighted by Gasteiger charge is -2.12. The summed E-state index contributed by atoms with van der Waals surface area (Å²) < 4.78 is 11.2. The first-order chi connectivity index (χ1) is 9.77. The minimum Gasteiger partial charge on any atom is -0.490 e. The molecule has 0 aliphatic carbocycles. The van der Waals surface area contributed by atoms with E-state index in [2.05, 4.69) is 12.2 Å². The summed E-state index contributed by atoms with van der Waals surface area (Å²) in [6.45, 7) is 7.34. The van der Waals surface area contributed by atoms with Crippen LogP contribution in [-0.4, -0.2) is 38.0 Å². The molecule has 0 aliphatic rings. The van der Waals surface area contributed by atoms with Gasteiger partial charge in [-0.1, -0.05) is 19.1 Å². The van der Waals surface area contributed by atoms with Gasteiger partial charge < -0.3 is 19.9 Å². The standard InChI is InChI=1S/C16H27NO3/c1-3-19-15-8-4-5-9-16(15)20-12-11-17-10-6-7-14(2)13-18/h4-5,8-9,14,17-18H,3,6-7,10-13H2,1-2H3. The Morgan fingerprint density at radius 3 is 2.50 bits per heavy atom. The van der Waals surface area contributed by atoms with E-state index in [9.17, 15) is 0 Å². The van der Waals surface area contributed by atoms with Crippen LogP contribution >= 0.6 is 0 Å². The molecule has 2 N–H and O–H groups in total. The van der Waals surface area contributed by atoms with Crippen LogP contribution in [-0.2, 0) is 0 Å². The Hall–Kier alpha value is -1.26. The lowest BCUT2D eigenvalue weighted by atomic mass is 10.1. The molecule has 0 spiro atoms. The zero-order chi connectivity index (χ0) is 14.6. The number of aliphatic hydroxyl groups excluding tert-OH is 1. The molecule has 0 radical (unpaired) electrons. The molecule has 1 unspecified atom stereocenters. The minimum absolute atomic E-state index is 0.275. The number of ether oxygens (including phenoxy) is 2. The number of hydrogen-bond acceptors (Lipinski definition) is 4. The molecule has 0 amide bonds. The smallest absolute Gasteiger partial charge is 0.161 e. The summed E-state index contributed by atoms with van der Waals surface area (Å²) in [6.07, 6.45) is 2.13. The second-order valence-corrected chi connectivity index (χ2v) is 4.91. The van der Waals surface area contributed by atoms with Crippen LogP contribution in [0.3, 0.4) is 0 Å². The number of aliphatic hydroxyl groups is 1. The highest BCUT2D eigenvalue weighted by Gasteiger charge is 2.03. The SMILES string of the molecule is CCOc1ccccc1OCCNCCCC(C)CO. The predicted octanol–water partition coefficient (Wildman–Crippen LogP) is 2.46. The number of rotatable bonds is 11. The lowest BCUT2D eigenvalue weighted by molar-refractivity contribution is 0.227. The van der Waals surface area contributed by atoms with E-state index in [4.69, 9.17) is 14.6 Å². The predicted molar refractivity (Wildman–Crippen MR) is 81.5 cm³/mol. The summed E-state index contributed by atoms with van der Waals surface area (Å²) in [4.78, 5) is 0. The molecule has 1 atom stereocenters. The average molecular weight is 281 g/mol. The normalized spacial score (nSPS) is 12.2. The second kappa shape index (κ2) is 10.5. The van der Waals surface area contributed by atoms with Crippen molar-refractivity contribution in [3.63, 3.8) is 0 Å². The largest absolute Gasteiger partial charge is 0.490 e. The van der Waals surface area contributed by atoms with Crippen LogP contribution in [0.5, 0.6) is 11.5 Å². The Bertz CT molecular complexity index is 357. The van der Waals surface area contributed by atoms with Crippen LogP contribution < -0.4 is 14.8 Å². The maximum Gasteiger partial charge on any atom is 0.161 e. The molecule has 0 saturated carbocycles. The van der Waals surface area contributed by atoms with Crippen molar-refractivity contribution < 1.29 is 14.6 Å². The van der Waals surface area contributed by atoms with E-state index >= 15 is 0 Å². The van der Waals surface area contributed by atoms with Gasteiger partial charge in [0.2, 0.25) is 0 Å². The molecule has 4 heteroatoms. The molecule has 0 fully saturated rings. The van der Waals surface area contributed by atoms with Gasteiger partial charge in [0, 0.05) is 13.2 Å². The molecule has 114 valence electrons. The first kappa shape index (κ1) is 16.8. The van der Waals surface area contributed by atoms with E-state index < -0.39 is 0 Å². The lowest BCUT2D eigenvalue weighted by Crippen LogP contribution is -2.22. The molecule has 20 heavy (non-hydrogen) atoms. The van der Waals surface area contributed by atoms with Crippen LogP contribution in [0.2, 0.25) is 0 Å². The van der Waals surface area contributed by atoms with Crippen molar-refractivity contribution in [2.24, 2.45) is 5.92 Å². The monoisotopic (exact) mass is 281 g/mol. The van der Waals surface area contributed by atoms with Crippen LogP contribution in [0.15, 0.2) is 24.3 Å². The van der Waals surface area contributed by atoms with Gasteiger partial charge in [0.1, 0.15) is 6.61 Å². The third-order valence-electron chi connectivity index (χ3n) is 3.05. The van der Waals surface area contributed by atoms with Gasteiger partial charge in [-0.2, -0.15) is 0 Å². The molecule has 1 aromatic rings. The van der Waals surface area contributed by atoms with Gasteiger partial charge in [-0.05, 0) is 44.4 Å². The molecule has 4 nitrogen and oxygen atoms in total. The van der Waals surface area contributed by atoms with Gasteiger partial charge in [-0.25, -0.2) is 0 Å². The highest BCUT2D eigenvalue weighted by atomic mass is 16.5. The summed E-state index contributed by atoms with van der Waals surface area (Å²) in [6, 6.07) is 7.73. The molecule has 0 heterocycles. The third kappa shape index (κ3) is 6.78. The number of hydrogen-bond donors (Lipinski definition) is 2. The molecule has 0 saturated heterocycles. The quantitative estimate of drug-likeness (QED) is 0.612. The zero-order valence-electron chi connectivity index (χ0n) is 12.6. The molecular formula is C16H27NO3. The van der Waals surface area contributed by atoms with E-state index in [0.29, 0.717) is 19.1 Å². The summed E-state index contributed by atoms with van der Waals surface area (Å²) in [5, 5.41) is 12.3. The van der Waals surface area contributed by atoms with Gasteiger partial charge in [0.05, 0.1) is 6.61 Å². The molecule has 1 rings (SSSR count). The van der Waals surface area contributed by atoms with E-state index in [-0.39, 0.29) is 6.61 Å². The summed E-state index contributed by atoms with van der Waals surface area (Å²) in [5.41, 5.74) is 0. The fourth-order valence-corrected chi connectivity index (χ4v) is 1.87. The zero-order valence-corrected chi connectivity index (χ0v) is 12.6. The maximum atomic E-state index is 8.92. The van der Waals surface area contributed by atoms with E-state index in [0.717, 1.165) is 37.4 Å². The summed E-state index contributed by atoms with van der Waals surface area (Å²) in [5.74, 6) is 1.99. The van der Waals surface area contributed by atoms with Gasteiger partial charge in [0.25, 0.3) is 0 Å².